The van der Waals surface area contributed by atoms with Crippen LogP contribution >= 0.6 is 45.2 Å². The number of ether oxygens (including phenoxy) is 5. The molecule has 0 radical (unpaired) electrons. The molecule has 2 aromatic rings. The predicted octanol–water partition coefficient (Wildman–Crippen LogP) is 4.72. The summed E-state index contributed by atoms with van der Waals surface area (Å²) in [4.78, 5) is 51.9. The van der Waals surface area contributed by atoms with Crippen molar-refractivity contribution in [2.24, 2.45) is 17.8 Å². The molecular weight excluding hydrogens is 838 g/mol. The second-order valence-electron chi connectivity index (χ2n) is 12.0. The van der Waals surface area contributed by atoms with E-state index in [-0.39, 0.29) is 58.4 Å². The molecule has 4 aliphatic rings. The van der Waals surface area contributed by atoms with E-state index in [0.717, 1.165) is 25.7 Å². The maximum Gasteiger partial charge on any atom is 0.348 e. The van der Waals surface area contributed by atoms with Gasteiger partial charge < -0.3 is 23.7 Å². The molecule has 15 heteroatoms. The Balaban J connectivity index is 1.28. The topological polar surface area (TPSA) is 169 Å². The van der Waals surface area contributed by atoms with Crippen molar-refractivity contribution in [3.8, 4) is 11.5 Å². The van der Waals surface area contributed by atoms with Crippen LogP contribution in [-0.4, -0.2) is 61.3 Å². The highest BCUT2D eigenvalue weighted by molar-refractivity contribution is 14.1. The number of fused-ring (bicyclic) bond motifs is 1. The van der Waals surface area contributed by atoms with Crippen molar-refractivity contribution < 1.29 is 55.8 Å². The summed E-state index contributed by atoms with van der Waals surface area (Å²) < 4.78 is 61.7. The first-order valence-corrected chi connectivity index (χ1v) is 17.9. The van der Waals surface area contributed by atoms with Crippen molar-refractivity contribution in [1.82, 2.24) is 0 Å². The van der Waals surface area contributed by atoms with Gasteiger partial charge in [0.1, 0.15) is 39.8 Å². The molecule has 0 aromatic heterocycles. The fourth-order valence-corrected chi connectivity index (χ4v) is 10.9. The first kappa shape index (κ1) is 32.4. The van der Waals surface area contributed by atoms with E-state index in [2.05, 4.69) is 0 Å². The molecule has 6 rings (SSSR count). The second kappa shape index (κ2) is 12.3. The third-order valence-electron chi connectivity index (χ3n) is 8.91. The van der Waals surface area contributed by atoms with E-state index in [1.54, 1.807) is 45.2 Å². The van der Waals surface area contributed by atoms with Gasteiger partial charge in [-0.15, -0.1) is 0 Å². The van der Waals surface area contributed by atoms with Crippen LogP contribution in [0.15, 0.2) is 35.2 Å². The molecule has 4 fully saturated rings. The standard InChI is InChI=1S/C30H28I2O12S/c1-30(7-2-3-8-30)44-22(33)13-40-21-6-4-5-16(27(34)42-24-14-9-17-18(10-14)28(35)43-25(17)24)23(21)29(36)41-15-11-19(31)26(20(32)12-15)45(37,38)39/h4-6,11-12,14,17-18,24-25H,2-3,7-10,13H2,1H3,(H,37,38,39). The first-order chi connectivity index (χ1) is 21.2. The van der Waals surface area contributed by atoms with E-state index in [0.29, 0.717) is 12.8 Å². The summed E-state index contributed by atoms with van der Waals surface area (Å²) in [6.45, 7) is 1.31. The molecule has 2 aromatic carbocycles. The highest BCUT2D eigenvalue weighted by atomic mass is 127. The highest BCUT2D eigenvalue weighted by Gasteiger charge is 2.63. The van der Waals surface area contributed by atoms with Crippen molar-refractivity contribution in [2.45, 2.75) is 68.2 Å². The number of hydrogen-bond acceptors (Lipinski definition) is 11. The number of hydrogen-bond donors (Lipinski definition) is 1. The van der Waals surface area contributed by atoms with Crippen molar-refractivity contribution in [2.75, 3.05) is 6.61 Å². The van der Waals surface area contributed by atoms with Gasteiger partial charge in [0, 0.05) is 19.0 Å². The zero-order chi connectivity index (χ0) is 32.3. The molecule has 12 nitrogen and oxygen atoms in total. The zero-order valence-electron chi connectivity index (χ0n) is 23.8. The van der Waals surface area contributed by atoms with Crippen molar-refractivity contribution in [1.29, 1.82) is 0 Å². The molecule has 1 saturated heterocycles. The lowest BCUT2D eigenvalue weighted by atomic mass is 9.88. The molecule has 1 aliphatic heterocycles. The first-order valence-electron chi connectivity index (χ1n) is 14.3. The van der Waals surface area contributed by atoms with E-state index >= 15 is 0 Å². The minimum Gasteiger partial charge on any atom is -0.481 e. The van der Waals surface area contributed by atoms with Gasteiger partial charge in [0.25, 0.3) is 10.1 Å². The molecule has 1 N–H and O–H groups in total. The van der Waals surface area contributed by atoms with Crippen LogP contribution in [0, 0.1) is 24.9 Å². The molecule has 5 unspecified atom stereocenters. The number of halogens is 2. The summed E-state index contributed by atoms with van der Waals surface area (Å²) in [5.41, 5.74) is -1.12. The summed E-state index contributed by atoms with van der Waals surface area (Å²) in [6, 6.07) is 6.70. The summed E-state index contributed by atoms with van der Waals surface area (Å²) in [6.07, 6.45) is 3.39. The Labute approximate surface area is 285 Å². The molecule has 3 aliphatic carbocycles. The Morgan fingerprint density at radius 1 is 1.07 bits per heavy atom. The van der Waals surface area contributed by atoms with Gasteiger partial charge >= 0.3 is 23.9 Å². The molecule has 0 amide bonds. The van der Waals surface area contributed by atoms with Gasteiger partial charge in [0.15, 0.2) is 6.61 Å². The lowest BCUT2D eigenvalue weighted by Crippen LogP contribution is -2.36. The fraction of sp³-hybridized carbons (Fsp3) is 0.467. The van der Waals surface area contributed by atoms with Crippen molar-refractivity contribution >= 4 is 79.2 Å². The minimum absolute atomic E-state index is 0.0113. The lowest BCUT2D eigenvalue weighted by molar-refractivity contribution is -0.160. The lowest BCUT2D eigenvalue weighted by Gasteiger charge is -2.26. The van der Waals surface area contributed by atoms with Gasteiger partial charge in [-0.25, -0.2) is 14.4 Å². The number of carbonyl (C=O) groups is 4. The monoisotopic (exact) mass is 866 g/mol. The molecule has 45 heavy (non-hydrogen) atoms. The average molecular weight is 866 g/mol. The Kier molecular flexibility index (Phi) is 8.83. The Bertz CT molecular complexity index is 1680. The van der Waals surface area contributed by atoms with Crippen LogP contribution in [0.25, 0.3) is 0 Å². The number of esters is 4. The summed E-state index contributed by atoms with van der Waals surface area (Å²) >= 11 is 3.38. The predicted molar refractivity (Wildman–Crippen MR) is 170 cm³/mol. The molecule has 3 saturated carbocycles. The van der Waals surface area contributed by atoms with Crippen LogP contribution in [0.4, 0.5) is 0 Å². The molecule has 2 bridgehead atoms. The van der Waals surface area contributed by atoms with Crippen LogP contribution in [0.5, 0.6) is 11.5 Å². The second-order valence-corrected chi connectivity index (χ2v) is 15.6. The van der Waals surface area contributed by atoms with Gasteiger partial charge in [-0.05, 0) is 115 Å². The van der Waals surface area contributed by atoms with E-state index in [4.69, 9.17) is 23.7 Å². The van der Waals surface area contributed by atoms with Gasteiger partial charge in [0.05, 0.1) is 11.5 Å². The van der Waals surface area contributed by atoms with Gasteiger partial charge in [-0.1, -0.05) is 6.07 Å². The number of rotatable bonds is 9. The maximum atomic E-state index is 13.7. The normalized spacial score (nSPS) is 26.0. The summed E-state index contributed by atoms with van der Waals surface area (Å²) in [5, 5.41) is 0. The third-order valence-corrected chi connectivity index (χ3v) is 12.3. The number of carbonyl (C=O) groups excluding carboxylic acids is 4. The quantitative estimate of drug-likeness (QED) is 0.121. The smallest absolute Gasteiger partial charge is 0.348 e. The third kappa shape index (κ3) is 6.41. The summed E-state index contributed by atoms with van der Waals surface area (Å²) in [7, 11) is -4.55. The van der Waals surface area contributed by atoms with Gasteiger partial charge in [-0.3, -0.25) is 9.35 Å². The van der Waals surface area contributed by atoms with Crippen LogP contribution in [0.3, 0.4) is 0 Å². The Morgan fingerprint density at radius 2 is 1.76 bits per heavy atom. The average Bonchev–Trinajstić information content (AvgIpc) is 3.69. The molecule has 240 valence electrons. The summed E-state index contributed by atoms with van der Waals surface area (Å²) in [5.74, 6) is -3.28. The van der Waals surface area contributed by atoms with E-state index in [9.17, 15) is 32.1 Å². The van der Waals surface area contributed by atoms with Crippen LogP contribution in [-0.2, 0) is 33.9 Å². The minimum atomic E-state index is -4.55. The largest absolute Gasteiger partial charge is 0.481 e. The van der Waals surface area contributed by atoms with Crippen LogP contribution < -0.4 is 9.47 Å². The van der Waals surface area contributed by atoms with Crippen molar-refractivity contribution in [3.63, 3.8) is 0 Å². The molecular formula is C30H28I2O12S. The van der Waals surface area contributed by atoms with Crippen molar-refractivity contribution in [3.05, 3.63) is 48.6 Å². The van der Waals surface area contributed by atoms with Gasteiger partial charge in [-0.2, -0.15) is 8.42 Å². The van der Waals surface area contributed by atoms with E-state index in [1.807, 2.05) is 6.92 Å². The molecule has 1 heterocycles. The fourth-order valence-electron chi connectivity index (χ4n) is 6.95. The van der Waals surface area contributed by atoms with Gasteiger partial charge in [0.2, 0.25) is 0 Å². The Hall–Kier alpha value is -2.51. The van der Waals surface area contributed by atoms with E-state index < -0.39 is 52.4 Å². The maximum absolute atomic E-state index is 13.7. The van der Waals surface area contributed by atoms with E-state index in [1.165, 1.54) is 30.3 Å². The van der Waals surface area contributed by atoms with Crippen LogP contribution in [0.1, 0.15) is 66.2 Å². The zero-order valence-corrected chi connectivity index (χ0v) is 29.0. The number of benzene rings is 2. The molecule has 0 spiro atoms. The Morgan fingerprint density at radius 3 is 2.42 bits per heavy atom. The SMILES string of the molecule is CC1(OC(=O)COc2cccc(C(=O)OC3C4CC5C(=O)OC3C5C4)c2C(=O)Oc2cc(I)c(S(=O)(=O)O)c(I)c2)CCCC1. The highest BCUT2D eigenvalue weighted by Crippen LogP contribution is 2.55. The molecule has 5 atom stereocenters. The van der Waals surface area contributed by atoms with Crippen LogP contribution in [0.2, 0.25) is 0 Å².